The molecular weight excluding hydrogens is 268 g/mol. The smallest absolute Gasteiger partial charge is 0.220 e. The summed E-state index contributed by atoms with van der Waals surface area (Å²) in [7, 11) is 0. The molecule has 0 aliphatic rings. The van der Waals surface area contributed by atoms with Crippen LogP contribution in [0, 0.1) is 0 Å². The normalized spacial score (nSPS) is 10.7. The molecule has 0 unspecified atom stereocenters. The van der Waals surface area contributed by atoms with Crippen molar-refractivity contribution in [3.8, 4) is 0 Å². The van der Waals surface area contributed by atoms with Crippen LogP contribution in [0.1, 0.15) is 17.8 Å². The first-order valence-corrected chi connectivity index (χ1v) is 6.62. The lowest BCUT2D eigenvalue weighted by Gasteiger charge is -2.03. The summed E-state index contributed by atoms with van der Waals surface area (Å²) >= 11 is 0. The van der Waals surface area contributed by atoms with Gasteiger partial charge in [0.05, 0.1) is 17.9 Å². The van der Waals surface area contributed by atoms with Gasteiger partial charge in [-0.05, 0) is 18.6 Å². The average molecular weight is 282 g/mol. The molecule has 0 fully saturated rings. The Hall–Kier alpha value is -2.83. The SMILES string of the molecule is O=C(CCc1cnccn1)NCc1[nH]nc2ncccc12. The largest absolute Gasteiger partial charge is 0.350 e. The second-order valence-corrected chi connectivity index (χ2v) is 4.55. The molecule has 7 heteroatoms. The summed E-state index contributed by atoms with van der Waals surface area (Å²) in [6, 6.07) is 3.77. The Balaban J connectivity index is 1.54. The van der Waals surface area contributed by atoms with Crippen LogP contribution in [0.3, 0.4) is 0 Å². The Kier molecular flexibility index (Phi) is 3.81. The van der Waals surface area contributed by atoms with Crippen LogP contribution in [0.5, 0.6) is 0 Å². The van der Waals surface area contributed by atoms with Gasteiger partial charge in [-0.2, -0.15) is 5.10 Å². The minimum absolute atomic E-state index is 0.0349. The summed E-state index contributed by atoms with van der Waals surface area (Å²) in [4.78, 5) is 24.1. The minimum Gasteiger partial charge on any atom is -0.350 e. The van der Waals surface area contributed by atoms with E-state index in [9.17, 15) is 4.79 Å². The topological polar surface area (TPSA) is 96.5 Å². The number of hydrogen-bond donors (Lipinski definition) is 2. The van der Waals surface area contributed by atoms with Gasteiger partial charge in [0.25, 0.3) is 0 Å². The van der Waals surface area contributed by atoms with Crippen molar-refractivity contribution in [2.24, 2.45) is 0 Å². The van der Waals surface area contributed by atoms with E-state index in [4.69, 9.17) is 0 Å². The van der Waals surface area contributed by atoms with Crippen molar-refractivity contribution in [2.75, 3.05) is 0 Å². The minimum atomic E-state index is -0.0349. The van der Waals surface area contributed by atoms with Crippen LogP contribution < -0.4 is 5.32 Å². The van der Waals surface area contributed by atoms with Gasteiger partial charge < -0.3 is 5.32 Å². The molecule has 3 rings (SSSR count). The van der Waals surface area contributed by atoms with Crippen molar-refractivity contribution >= 4 is 16.9 Å². The quantitative estimate of drug-likeness (QED) is 0.727. The van der Waals surface area contributed by atoms with Gasteiger partial charge in [0.15, 0.2) is 5.65 Å². The van der Waals surface area contributed by atoms with Crippen molar-refractivity contribution in [3.05, 3.63) is 48.3 Å². The second-order valence-electron chi connectivity index (χ2n) is 4.55. The van der Waals surface area contributed by atoms with E-state index in [0.29, 0.717) is 25.0 Å². The van der Waals surface area contributed by atoms with E-state index < -0.39 is 0 Å². The highest BCUT2D eigenvalue weighted by Gasteiger charge is 2.07. The van der Waals surface area contributed by atoms with Gasteiger partial charge >= 0.3 is 0 Å². The maximum absolute atomic E-state index is 11.8. The van der Waals surface area contributed by atoms with Crippen LogP contribution in [0.25, 0.3) is 11.0 Å². The van der Waals surface area contributed by atoms with E-state index in [1.54, 1.807) is 24.8 Å². The van der Waals surface area contributed by atoms with Crippen molar-refractivity contribution in [3.63, 3.8) is 0 Å². The third-order valence-electron chi connectivity index (χ3n) is 3.10. The zero-order valence-electron chi connectivity index (χ0n) is 11.3. The van der Waals surface area contributed by atoms with E-state index in [0.717, 1.165) is 16.8 Å². The number of carbonyl (C=O) groups is 1. The second kappa shape index (κ2) is 6.08. The van der Waals surface area contributed by atoms with Crippen LogP contribution in [0.4, 0.5) is 0 Å². The lowest BCUT2D eigenvalue weighted by molar-refractivity contribution is -0.121. The van der Waals surface area contributed by atoms with Crippen molar-refractivity contribution in [1.29, 1.82) is 0 Å². The number of amides is 1. The monoisotopic (exact) mass is 282 g/mol. The molecule has 0 aromatic carbocycles. The number of hydrogen-bond acceptors (Lipinski definition) is 5. The Morgan fingerprint density at radius 3 is 3.05 bits per heavy atom. The van der Waals surface area contributed by atoms with Gasteiger partial charge in [0, 0.05) is 36.6 Å². The molecule has 0 aliphatic heterocycles. The maximum atomic E-state index is 11.8. The third kappa shape index (κ3) is 3.19. The first kappa shape index (κ1) is 13.2. The van der Waals surface area contributed by atoms with E-state index in [-0.39, 0.29) is 5.91 Å². The number of nitrogens with zero attached hydrogens (tertiary/aromatic N) is 4. The number of aromatic amines is 1. The van der Waals surface area contributed by atoms with Gasteiger partial charge in [0.1, 0.15) is 0 Å². The fourth-order valence-electron chi connectivity index (χ4n) is 2.01. The molecular formula is C14H14N6O. The van der Waals surface area contributed by atoms with Crippen LogP contribution >= 0.6 is 0 Å². The Morgan fingerprint density at radius 2 is 2.19 bits per heavy atom. The van der Waals surface area contributed by atoms with Crippen LogP contribution in [-0.4, -0.2) is 31.1 Å². The number of pyridine rings is 1. The molecule has 1 amide bonds. The highest BCUT2D eigenvalue weighted by atomic mass is 16.1. The molecule has 0 aliphatic carbocycles. The molecule has 3 aromatic heterocycles. The highest BCUT2D eigenvalue weighted by molar-refractivity contribution is 5.79. The summed E-state index contributed by atoms with van der Waals surface area (Å²) < 4.78 is 0. The molecule has 0 spiro atoms. The fourth-order valence-corrected chi connectivity index (χ4v) is 2.01. The fraction of sp³-hybridized carbons (Fsp3) is 0.214. The molecule has 0 saturated heterocycles. The first-order chi connectivity index (χ1) is 10.3. The van der Waals surface area contributed by atoms with Gasteiger partial charge in [-0.3, -0.25) is 19.9 Å². The van der Waals surface area contributed by atoms with E-state index in [2.05, 4.69) is 30.5 Å². The third-order valence-corrected chi connectivity index (χ3v) is 3.10. The molecule has 0 radical (unpaired) electrons. The van der Waals surface area contributed by atoms with Crippen LogP contribution in [0.2, 0.25) is 0 Å². The molecule has 0 atom stereocenters. The maximum Gasteiger partial charge on any atom is 0.220 e. The molecule has 3 heterocycles. The summed E-state index contributed by atoms with van der Waals surface area (Å²) in [6.45, 7) is 0.404. The number of fused-ring (bicyclic) bond motifs is 1. The number of aryl methyl sites for hydroxylation is 1. The molecule has 3 aromatic rings. The van der Waals surface area contributed by atoms with Gasteiger partial charge in [-0.1, -0.05) is 0 Å². The standard InChI is InChI=1S/C14H14N6O/c21-13(4-3-10-8-15-6-7-16-10)18-9-12-11-2-1-5-17-14(11)20-19-12/h1-2,5-8H,3-4,9H2,(H,18,21)(H,17,19,20). The molecule has 106 valence electrons. The zero-order valence-corrected chi connectivity index (χ0v) is 11.3. The number of H-pyrrole nitrogens is 1. The number of nitrogens with one attached hydrogen (secondary N) is 2. The Labute approximate surface area is 120 Å². The summed E-state index contributed by atoms with van der Waals surface area (Å²) in [5.74, 6) is -0.0349. The number of aromatic nitrogens is 5. The molecule has 7 nitrogen and oxygen atoms in total. The predicted octanol–water partition coefficient (Wildman–Crippen LogP) is 0.997. The van der Waals surface area contributed by atoms with E-state index in [1.165, 1.54) is 0 Å². The first-order valence-electron chi connectivity index (χ1n) is 6.62. The number of carbonyl (C=O) groups excluding carboxylic acids is 1. The summed E-state index contributed by atoms with van der Waals surface area (Å²) in [6.07, 6.45) is 7.54. The van der Waals surface area contributed by atoms with Gasteiger partial charge in [-0.15, -0.1) is 0 Å². The Morgan fingerprint density at radius 1 is 1.24 bits per heavy atom. The zero-order chi connectivity index (χ0) is 14.5. The summed E-state index contributed by atoms with van der Waals surface area (Å²) in [5, 5.41) is 10.8. The van der Waals surface area contributed by atoms with E-state index in [1.807, 2.05) is 12.1 Å². The van der Waals surface area contributed by atoms with Crippen LogP contribution in [0.15, 0.2) is 36.9 Å². The summed E-state index contributed by atoms with van der Waals surface area (Å²) in [5.41, 5.74) is 2.32. The average Bonchev–Trinajstić information content (AvgIpc) is 2.95. The highest BCUT2D eigenvalue weighted by Crippen LogP contribution is 2.12. The molecule has 0 saturated carbocycles. The van der Waals surface area contributed by atoms with Crippen LogP contribution in [-0.2, 0) is 17.8 Å². The Bertz CT molecular complexity index is 739. The molecule has 2 N–H and O–H groups in total. The predicted molar refractivity (Wildman–Crippen MR) is 76.1 cm³/mol. The van der Waals surface area contributed by atoms with E-state index >= 15 is 0 Å². The lowest BCUT2D eigenvalue weighted by atomic mass is 10.2. The lowest BCUT2D eigenvalue weighted by Crippen LogP contribution is -2.23. The van der Waals surface area contributed by atoms with Crippen molar-refractivity contribution in [2.45, 2.75) is 19.4 Å². The number of rotatable bonds is 5. The van der Waals surface area contributed by atoms with Gasteiger partial charge in [0.2, 0.25) is 5.91 Å². The van der Waals surface area contributed by atoms with Crippen molar-refractivity contribution in [1.82, 2.24) is 30.5 Å². The van der Waals surface area contributed by atoms with Gasteiger partial charge in [-0.25, -0.2) is 4.98 Å². The molecule has 21 heavy (non-hydrogen) atoms. The molecule has 0 bridgehead atoms. The van der Waals surface area contributed by atoms with Crippen molar-refractivity contribution < 1.29 is 4.79 Å².